The van der Waals surface area contributed by atoms with E-state index < -0.39 is 0 Å². The van der Waals surface area contributed by atoms with Crippen LogP contribution in [-0.2, 0) is 6.61 Å². The number of hydrogen-bond donors (Lipinski definition) is 0. The molecule has 0 aliphatic carbocycles. The molecule has 5 heteroatoms. The van der Waals surface area contributed by atoms with Gasteiger partial charge in [0.25, 0.3) is 0 Å². The number of methoxy groups -OCH3 is 1. The van der Waals surface area contributed by atoms with E-state index in [4.69, 9.17) is 13.9 Å². The summed E-state index contributed by atoms with van der Waals surface area (Å²) in [5, 5.41) is 0.900. The number of pyridine rings is 1. The minimum atomic E-state index is 0.283. The minimum absolute atomic E-state index is 0.283. The molecule has 2 aromatic heterocycles. The van der Waals surface area contributed by atoms with Crippen molar-refractivity contribution < 1.29 is 13.9 Å². The molecule has 0 aliphatic rings. The maximum Gasteiger partial charge on any atom is 0.232 e. The zero-order valence-electron chi connectivity index (χ0n) is 12.2. The van der Waals surface area contributed by atoms with Gasteiger partial charge in [-0.3, -0.25) is 4.98 Å². The SMILES string of the molecule is COc1cccc2c(OCc3nc(C)c(C)o3)ccnc12. The maximum atomic E-state index is 5.82. The van der Waals surface area contributed by atoms with Crippen molar-refractivity contribution in [2.45, 2.75) is 20.5 Å². The molecule has 0 bridgehead atoms. The Hall–Kier alpha value is -2.56. The summed E-state index contributed by atoms with van der Waals surface area (Å²) in [5.41, 5.74) is 1.66. The van der Waals surface area contributed by atoms with Gasteiger partial charge in [-0.2, -0.15) is 0 Å². The molecule has 0 saturated carbocycles. The van der Waals surface area contributed by atoms with E-state index >= 15 is 0 Å². The zero-order valence-corrected chi connectivity index (χ0v) is 12.2. The monoisotopic (exact) mass is 284 g/mol. The topological polar surface area (TPSA) is 57.4 Å². The number of benzene rings is 1. The second kappa shape index (κ2) is 5.44. The highest BCUT2D eigenvalue weighted by Gasteiger charge is 2.10. The first kappa shape index (κ1) is 13.4. The van der Waals surface area contributed by atoms with Crippen LogP contribution in [0.5, 0.6) is 11.5 Å². The Morgan fingerprint density at radius 2 is 2.00 bits per heavy atom. The molecule has 3 aromatic rings. The van der Waals surface area contributed by atoms with Crippen LogP contribution in [0, 0.1) is 13.8 Å². The molecular weight excluding hydrogens is 268 g/mol. The Kier molecular flexibility index (Phi) is 3.48. The smallest absolute Gasteiger partial charge is 0.232 e. The van der Waals surface area contributed by atoms with E-state index in [0.29, 0.717) is 5.89 Å². The number of para-hydroxylation sites is 1. The average molecular weight is 284 g/mol. The first-order chi connectivity index (χ1) is 10.2. The van der Waals surface area contributed by atoms with Gasteiger partial charge in [-0.25, -0.2) is 4.98 Å². The highest BCUT2D eigenvalue weighted by molar-refractivity contribution is 5.89. The zero-order chi connectivity index (χ0) is 14.8. The third kappa shape index (κ3) is 2.54. The molecular formula is C16H16N2O3. The summed E-state index contributed by atoms with van der Waals surface area (Å²) in [7, 11) is 1.63. The molecule has 0 N–H and O–H groups in total. The fourth-order valence-electron chi connectivity index (χ4n) is 2.15. The number of aromatic nitrogens is 2. The van der Waals surface area contributed by atoms with Crippen LogP contribution >= 0.6 is 0 Å². The molecule has 0 spiro atoms. The third-order valence-corrected chi connectivity index (χ3v) is 3.34. The quantitative estimate of drug-likeness (QED) is 0.734. The minimum Gasteiger partial charge on any atom is -0.494 e. The Morgan fingerprint density at radius 3 is 2.71 bits per heavy atom. The van der Waals surface area contributed by atoms with Crippen molar-refractivity contribution in [2.24, 2.45) is 0 Å². The Bertz CT molecular complexity index is 761. The molecule has 0 saturated heterocycles. The van der Waals surface area contributed by atoms with Crippen molar-refractivity contribution in [3.05, 3.63) is 47.8 Å². The predicted octanol–water partition coefficient (Wildman–Crippen LogP) is 3.43. The van der Waals surface area contributed by atoms with Crippen molar-refractivity contribution in [1.29, 1.82) is 0 Å². The highest BCUT2D eigenvalue weighted by Crippen LogP contribution is 2.30. The average Bonchev–Trinajstić information content (AvgIpc) is 2.83. The van der Waals surface area contributed by atoms with Crippen LogP contribution in [0.25, 0.3) is 10.9 Å². The normalized spacial score (nSPS) is 10.8. The van der Waals surface area contributed by atoms with Gasteiger partial charge in [0, 0.05) is 11.6 Å². The molecule has 0 atom stereocenters. The van der Waals surface area contributed by atoms with Gasteiger partial charge < -0.3 is 13.9 Å². The standard InChI is InChI=1S/C16H16N2O3/c1-10-11(2)21-15(18-10)9-20-13-7-8-17-16-12(13)5-4-6-14(16)19-3/h4-8H,9H2,1-3H3. The van der Waals surface area contributed by atoms with Crippen molar-refractivity contribution in [1.82, 2.24) is 9.97 Å². The van der Waals surface area contributed by atoms with E-state index in [1.54, 1.807) is 13.3 Å². The van der Waals surface area contributed by atoms with Crippen molar-refractivity contribution >= 4 is 10.9 Å². The number of ether oxygens (including phenoxy) is 2. The van der Waals surface area contributed by atoms with Crippen LogP contribution in [0.3, 0.4) is 0 Å². The molecule has 2 heterocycles. The van der Waals surface area contributed by atoms with E-state index in [1.165, 1.54) is 0 Å². The van der Waals surface area contributed by atoms with Crippen LogP contribution in [-0.4, -0.2) is 17.1 Å². The van der Waals surface area contributed by atoms with Crippen LogP contribution < -0.4 is 9.47 Å². The van der Waals surface area contributed by atoms with Gasteiger partial charge >= 0.3 is 0 Å². The largest absolute Gasteiger partial charge is 0.494 e. The summed E-state index contributed by atoms with van der Waals surface area (Å²) >= 11 is 0. The third-order valence-electron chi connectivity index (χ3n) is 3.34. The molecule has 3 rings (SSSR count). The van der Waals surface area contributed by atoms with Gasteiger partial charge in [-0.1, -0.05) is 6.07 Å². The summed E-state index contributed by atoms with van der Waals surface area (Å²) in [5.74, 6) is 2.83. The molecule has 0 fully saturated rings. The lowest BCUT2D eigenvalue weighted by molar-refractivity contribution is 0.263. The lowest BCUT2D eigenvalue weighted by atomic mass is 10.2. The van der Waals surface area contributed by atoms with Gasteiger partial charge in [0.05, 0.1) is 12.8 Å². The van der Waals surface area contributed by atoms with Crippen LogP contribution in [0.15, 0.2) is 34.9 Å². The Labute approximate surface area is 122 Å². The molecule has 0 radical (unpaired) electrons. The number of rotatable bonds is 4. The van der Waals surface area contributed by atoms with Gasteiger partial charge in [0.1, 0.15) is 22.8 Å². The van der Waals surface area contributed by atoms with Gasteiger partial charge in [0.2, 0.25) is 5.89 Å². The van der Waals surface area contributed by atoms with E-state index in [2.05, 4.69) is 9.97 Å². The summed E-state index contributed by atoms with van der Waals surface area (Å²) < 4.78 is 16.7. The number of aryl methyl sites for hydroxylation is 2. The summed E-state index contributed by atoms with van der Waals surface area (Å²) in [4.78, 5) is 8.65. The second-order valence-electron chi connectivity index (χ2n) is 4.70. The van der Waals surface area contributed by atoms with E-state index in [-0.39, 0.29) is 6.61 Å². The number of nitrogens with zero attached hydrogens (tertiary/aromatic N) is 2. The lowest BCUT2D eigenvalue weighted by Crippen LogP contribution is -1.97. The lowest BCUT2D eigenvalue weighted by Gasteiger charge is -2.09. The molecule has 21 heavy (non-hydrogen) atoms. The maximum absolute atomic E-state index is 5.82. The molecule has 0 unspecified atom stereocenters. The van der Waals surface area contributed by atoms with Gasteiger partial charge in [-0.15, -0.1) is 0 Å². The van der Waals surface area contributed by atoms with Crippen molar-refractivity contribution in [3.8, 4) is 11.5 Å². The number of fused-ring (bicyclic) bond motifs is 1. The summed E-state index contributed by atoms with van der Waals surface area (Å²) in [6, 6.07) is 7.56. The van der Waals surface area contributed by atoms with E-state index in [1.807, 2.05) is 38.1 Å². The highest BCUT2D eigenvalue weighted by atomic mass is 16.5. The molecule has 0 amide bonds. The Balaban J connectivity index is 1.90. The summed E-state index contributed by atoms with van der Waals surface area (Å²) in [6.07, 6.45) is 1.70. The second-order valence-corrected chi connectivity index (χ2v) is 4.70. The fraction of sp³-hybridized carbons (Fsp3) is 0.250. The number of hydrogen-bond acceptors (Lipinski definition) is 5. The molecule has 5 nitrogen and oxygen atoms in total. The van der Waals surface area contributed by atoms with E-state index in [9.17, 15) is 0 Å². The first-order valence-electron chi connectivity index (χ1n) is 6.66. The van der Waals surface area contributed by atoms with Crippen LogP contribution in [0.4, 0.5) is 0 Å². The Morgan fingerprint density at radius 1 is 1.14 bits per heavy atom. The van der Waals surface area contributed by atoms with Crippen molar-refractivity contribution in [3.63, 3.8) is 0 Å². The molecule has 1 aromatic carbocycles. The van der Waals surface area contributed by atoms with Crippen LogP contribution in [0.1, 0.15) is 17.3 Å². The van der Waals surface area contributed by atoms with Gasteiger partial charge in [0.15, 0.2) is 6.61 Å². The molecule has 0 aliphatic heterocycles. The first-order valence-corrected chi connectivity index (χ1v) is 6.66. The summed E-state index contributed by atoms with van der Waals surface area (Å²) in [6.45, 7) is 4.08. The van der Waals surface area contributed by atoms with Crippen LogP contribution in [0.2, 0.25) is 0 Å². The molecule has 108 valence electrons. The van der Waals surface area contributed by atoms with Crippen molar-refractivity contribution in [2.75, 3.05) is 7.11 Å². The van der Waals surface area contributed by atoms with E-state index in [0.717, 1.165) is 33.9 Å². The van der Waals surface area contributed by atoms with Gasteiger partial charge in [-0.05, 0) is 32.0 Å². The number of oxazole rings is 1. The predicted molar refractivity (Wildman–Crippen MR) is 78.6 cm³/mol. The fourth-order valence-corrected chi connectivity index (χ4v) is 2.15.